The van der Waals surface area contributed by atoms with Gasteiger partial charge in [0.05, 0.1) is 18.8 Å². The van der Waals surface area contributed by atoms with Crippen molar-refractivity contribution in [3.8, 4) is 0 Å². The summed E-state index contributed by atoms with van der Waals surface area (Å²) in [6.45, 7) is 6.09. The van der Waals surface area contributed by atoms with Crippen molar-refractivity contribution in [1.82, 2.24) is 21.1 Å². The lowest BCUT2D eigenvalue weighted by Crippen LogP contribution is -2.48. The minimum absolute atomic E-state index is 0.349. The molecule has 0 bridgehead atoms. The van der Waals surface area contributed by atoms with Crippen LogP contribution in [-0.4, -0.2) is 56.4 Å². The molecule has 3 unspecified atom stereocenters. The van der Waals surface area contributed by atoms with Crippen molar-refractivity contribution in [3.05, 3.63) is 35.9 Å². The number of hydrogen-bond donors (Lipinski definition) is 3. The molecule has 1 aliphatic carbocycles. The molecule has 2 saturated heterocycles. The zero-order chi connectivity index (χ0) is 15.5. The van der Waals surface area contributed by atoms with Gasteiger partial charge in [-0.3, -0.25) is 10.3 Å². The minimum Gasteiger partial charge on any atom is -0.374 e. The number of ether oxygens (including phenoxy) is 1. The summed E-state index contributed by atoms with van der Waals surface area (Å²) in [5.74, 6) is 0.570. The monoisotopic (exact) mass is 316 g/mol. The molecule has 3 fully saturated rings. The Morgan fingerprint density at radius 3 is 2.87 bits per heavy atom. The fraction of sp³-hybridized carbons (Fsp3) is 0.667. The Morgan fingerprint density at radius 1 is 1.17 bits per heavy atom. The molecule has 1 aromatic rings. The zero-order valence-electron chi connectivity index (χ0n) is 13.7. The minimum atomic E-state index is 0.349. The number of nitrogens with zero attached hydrogens (tertiary/aromatic N) is 1. The molecule has 3 atom stereocenters. The summed E-state index contributed by atoms with van der Waals surface area (Å²) in [7, 11) is 0. The number of nitrogens with one attached hydrogen (secondary N) is 3. The van der Waals surface area contributed by atoms with Crippen LogP contribution in [0.1, 0.15) is 24.4 Å². The smallest absolute Gasteiger partial charge is 0.0826 e. The third-order valence-electron chi connectivity index (χ3n) is 5.26. The molecule has 3 aliphatic rings. The van der Waals surface area contributed by atoms with Crippen LogP contribution in [-0.2, 0) is 4.74 Å². The first-order chi connectivity index (χ1) is 11.4. The molecule has 4 rings (SSSR count). The molecule has 1 saturated carbocycles. The standard InChI is InChI=1S/C18H28N4O/c1-2-4-14(5-3-1)18-15(11-20-21-18)10-19-12-17-13-22(8-9-23-17)16-6-7-16/h1-5,15-21H,6-13H2. The maximum atomic E-state index is 5.93. The lowest BCUT2D eigenvalue weighted by atomic mass is 9.95. The van der Waals surface area contributed by atoms with Gasteiger partial charge < -0.3 is 10.1 Å². The van der Waals surface area contributed by atoms with Gasteiger partial charge >= 0.3 is 0 Å². The van der Waals surface area contributed by atoms with E-state index in [0.717, 1.165) is 45.4 Å². The van der Waals surface area contributed by atoms with E-state index in [2.05, 4.69) is 51.4 Å². The van der Waals surface area contributed by atoms with Crippen LogP contribution in [0.15, 0.2) is 30.3 Å². The quantitative estimate of drug-likeness (QED) is 0.728. The Kier molecular flexibility index (Phi) is 4.92. The molecule has 23 heavy (non-hydrogen) atoms. The van der Waals surface area contributed by atoms with E-state index in [1.807, 2.05) is 0 Å². The summed E-state index contributed by atoms with van der Waals surface area (Å²) in [5, 5.41) is 3.65. The second-order valence-corrected chi connectivity index (χ2v) is 7.05. The molecule has 5 nitrogen and oxygen atoms in total. The largest absolute Gasteiger partial charge is 0.374 e. The van der Waals surface area contributed by atoms with Crippen molar-refractivity contribution >= 4 is 0 Å². The molecule has 1 aromatic carbocycles. The number of hydrazine groups is 1. The highest BCUT2D eigenvalue weighted by atomic mass is 16.5. The summed E-state index contributed by atoms with van der Waals surface area (Å²) in [5.41, 5.74) is 8.08. The van der Waals surface area contributed by atoms with Crippen molar-refractivity contribution in [1.29, 1.82) is 0 Å². The zero-order valence-corrected chi connectivity index (χ0v) is 13.7. The van der Waals surface area contributed by atoms with Gasteiger partial charge in [-0.05, 0) is 18.4 Å². The van der Waals surface area contributed by atoms with E-state index in [4.69, 9.17) is 4.74 Å². The van der Waals surface area contributed by atoms with Crippen molar-refractivity contribution in [3.63, 3.8) is 0 Å². The van der Waals surface area contributed by atoms with Gasteiger partial charge in [0.1, 0.15) is 0 Å². The normalized spacial score (nSPS) is 32.3. The molecule has 5 heteroatoms. The highest BCUT2D eigenvalue weighted by Gasteiger charge is 2.33. The Bertz CT molecular complexity index is 493. The van der Waals surface area contributed by atoms with E-state index in [0.29, 0.717) is 18.1 Å². The number of hydrogen-bond acceptors (Lipinski definition) is 5. The van der Waals surface area contributed by atoms with Gasteiger partial charge in [-0.1, -0.05) is 30.3 Å². The van der Waals surface area contributed by atoms with Gasteiger partial charge in [0, 0.05) is 44.7 Å². The molecule has 0 aromatic heterocycles. The summed E-state index contributed by atoms with van der Waals surface area (Å²) in [4.78, 5) is 2.61. The first kappa shape index (κ1) is 15.5. The Morgan fingerprint density at radius 2 is 2.04 bits per heavy atom. The second kappa shape index (κ2) is 7.28. The van der Waals surface area contributed by atoms with E-state index >= 15 is 0 Å². The van der Waals surface area contributed by atoms with Crippen LogP contribution in [0.4, 0.5) is 0 Å². The highest BCUT2D eigenvalue weighted by molar-refractivity contribution is 5.20. The predicted molar refractivity (Wildman–Crippen MR) is 91.0 cm³/mol. The fourth-order valence-electron chi connectivity index (χ4n) is 3.81. The Labute approximate surface area is 138 Å². The van der Waals surface area contributed by atoms with Crippen LogP contribution in [0.25, 0.3) is 0 Å². The fourth-order valence-corrected chi connectivity index (χ4v) is 3.81. The summed E-state index contributed by atoms with van der Waals surface area (Å²) >= 11 is 0. The van der Waals surface area contributed by atoms with Crippen LogP contribution >= 0.6 is 0 Å². The number of benzene rings is 1. The van der Waals surface area contributed by atoms with Crippen molar-refractivity contribution in [2.24, 2.45) is 5.92 Å². The topological polar surface area (TPSA) is 48.6 Å². The average Bonchev–Trinajstić information content (AvgIpc) is 3.35. The van der Waals surface area contributed by atoms with Gasteiger partial charge in [0.25, 0.3) is 0 Å². The van der Waals surface area contributed by atoms with Crippen LogP contribution in [0.5, 0.6) is 0 Å². The molecular formula is C18H28N4O. The maximum Gasteiger partial charge on any atom is 0.0826 e. The van der Waals surface area contributed by atoms with Crippen LogP contribution in [0.3, 0.4) is 0 Å². The van der Waals surface area contributed by atoms with E-state index in [-0.39, 0.29) is 0 Å². The van der Waals surface area contributed by atoms with E-state index < -0.39 is 0 Å². The molecule has 2 heterocycles. The summed E-state index contributed by atoms with van der Waals surface area (Å²) in [6.07, 6.45) is 3.12. The van der Waals surface area contributed by atoms with Crippen molar-refractivity contribution in [2.45, 2.75) is 31.0 Å². The third kappa shape index (κ3) is 3.92. The predicted octanol–water partition coefficient (Wildman–Crippen LogP) is 0.905. The molecular weight excluding hydrogens is 288 g/mol. The first-order valence-electron chi connectivity index (χ1n) is 9.00. The van der Waals surface area contributed by atoms with Gasteiger partial charge in [0.15, 0.2) is 0 Å². The number of morpholine rings is 1. The Balaban J connectivity index is 1.24. The highest BCUT2D eigenvalue weighted by Crippen LogP contribution is 2.28. The van der Waals surface area contributed by atoms with Crippen molar-refractivity contribution in [2.75, 3.05) is 39.3 Å². The van der Waals surface area contributed by atoms with E-state index in [1.165, 1.54) is 18.4 Å². The SMILES string of the molecule is c1ccc(C2NNCC2CNCC2CN(C3CC3)CCO2)cc1. The molecule has 0 radical (unpaired) electrons. The van der Waals surface area contributed by atoms with Crippen LogP contribution in [0, 0.1) is 5.92 Å². The van der Waals surface area contributed by atoms with Gasteiger partial charge in [-0.2, -0.15) is 0 Å². The second-order valence-electron chi connectivity index (χ2n) is 7.05. The van der Waals surface area contributed by atoms with Crippen molar-refractivity contribution < 1.29 is 4.74 Å². The van der Waals surface area contributed by atoms with E-state index in [1.54, 1.807) is 0 Å². The average molecular weight is 316 g/mol. The molecule has 126 valence electrons. The molecule has 0 amide bonds. The van der Waals surface area contributed by atoms with E-state index in [9.17, 15) is 0 Å². The molecule has 3 N–H and O–H groups in total. The first-order valence-corrected chi connectivity index (χ1v) is 9.00. The summed E-state index contributed by atoms with van der Waals surface area (Å²) in [6, 6.07) is 12.0. The van der Waals surface area contributed by atoms with Gasteiger partial charge in [-0.25, -0.2) is 5.43 Å². The van der Waals surface area contributed by atoms with Gasteiger partial charge in [-0.15, -0.1) is 0 Å². The third-order valence-corrected chi connectivity index (χ3v) is 5.26. The number of rotatable bonds is 6. The summed E-state index contributed by atoms with van der Waals surface area (Å²) < 4.78 is 5.93. The lowest BCUT2D eigenvalue weighted by Gasteiger charge is -2.33. The maximum absolute atomic E-state index is 5.93. The Hall–Kier alpha value is -0.980. The van der Waals surface area contributed by atoms with Crippen LogP contribution < -0.4 is 16.2 Å². The molecule has 0 spiro atoms. The van der Waals surface area contributed by atoms with Gasteiger partial charge in [0.2, 0.25) is 0 Å². The van der Waals surface area contributed by atoms with Crippen LogP contribution in [0.2, 0.25) is 0 Å². The lowest BCUT2D eigenvalue weighted by molar-refractivity contribution is -0.0302. The molecule has 2 aliphatic heterocycles.